The van der Waals surface area contributed by atoms with Gasteiger partial charge in [0.1, 0.15) is 5.75 Å². The van der Waals surface area contributed by atoms with Crippen molar-refractivity contribution in [3.05, 3.63) is 36.4 Å². The molecule has 0 radical (unpaired) electrons. The van der Waals surface area contributed by atoms with Crippen LogP contribution in [-0.4, -0.2) is 20.4 Å². The average Bonchev–Trinajstić information content (AvgIpc) is 2.25. The first kappa shape index (κ1) is 10.9. The highest BCUT2D eigenvalue weighted by molar-refractivity contribution is 5.56. The van der Waals surface area contributed by atoms with Gasteiger partial charge in [0.05, 0.1) is 0 Å². The van der Waals surface area contributed by atoms with E-state index in [-0.39, 0.29) is 23.0 Å². The Morgan fingerprint density at radius 2 is 1.35 bits per heavy atom. The summed E-state index contributed by atoms with van der Waals surface area (Å²) in [6, 6.07) is 8.16. The second-order valence-corrected chi connectivity index (χ2v) is 3.38. The summed E-state index contributed by atoms with van der Waals surface area (Å²) in [5.74, 6) is -1.41. The second-order valence-electron chi connectivity index (χ2n) is 3.38. The number of hydrogen-bond donors (Lipinski definition) is 4. The van der Waals surface area contributed by atoms with Gasteiger partial charge in [-0.05, 0) is 12.1 Å². The van der Waals surface area contributed by atoms with Crippen molar-refractivity contribution >= 4 is 0 Å². The molecular weight excluding hydrogens is 224 g/mol. The summed E-state index contributed by atoms with van der Waals surface area (Å²) in [5.41, 5.74) is 0. The van der Waals surface area contributed by atoms with Gasteiger partial charge < -0.3 is 25.2 Å². The Morgan fingerprint density at radius 3 is 1.94 bits per heavy atom. The van der Waals surface area contributed by atoms with E-state index in [4.69, 9.17) is 9.84 Å². The van der Waals surface area contributed by atoms with Crippen LogP contribution < -0.4 is 4.74 Å². The first-order valence-electron chi connectivity index (χ1n) is 4.78. The first-order chi connectivity index (χ1) is 8.08. The molecule has 5 nitrogen and oxygen atoms in total. The topological polar surface area (TPSA) is 90.2 Å². The van der Waals surface area contributed by atoms with E-state index in [1.54, 1.807) is 12.1 Å². The van der Waals surface area contributed by atoms with Crippen LogP contribution in [-0.2, 0) is 0 Å². The van der Waals surface area contributed by atoms with Crippen LogP contribution in [0.4, 0.5) is 0 Å². The average molecular weight is 234 g/mol. The number of benzene rings is 2. The largest absolute Gasteiger partial charge is 0.508 e. The van der Waals surface area contributed by atoms with Gasteiger partial charge in [0.2, 0.25) is 5.75 Å². The Kier molecular flexibility index (Phi) is 2.66. The number of aromatic hydroxyl groups is 4. The lowest BCUT2D eigenvalue weighted by Gasteiger charge is -2.10. The molecule has 0 aliphatic rings. The Labute approximate surface area is 96.8 Å². The van der Waals surface area contributed by atoms with Crippen LogP contribution in [0.15, 0.2) is 36.4 Å². The molecule has 0 aromatic heterocycles. The molecule has 0 amide bonds. The first-order valence-corrected chi connectivity index (χ1v) is 4.78. The number of phenolic OH excluding ortho intramolecular Hbond substituents is 4. The predicted octanol–water partition coefficient (Wildman–Crippen LogP) is 2.30. The van der Waals surface area contributed by atoms with Gasteiger partial charge in [-0.3, -0.25) is 0 Å². The third-order valence-corrected chi connectivity index (χ3v) is 2.11. The zero-order valence-corrected chi connectivity index (χ0v) is 8.66. The maximum Gasteiger partial charge on any atom is 0.211 e. The molecule has 0 atom stereocenters. The van der Waals surface area contributed by atoms with Crippen LogP contribution in [0.3, 0.4) is 0 Å². The molecule has 0 unspecified atom stereocenters. The van der Waals surface area contributed by atoms with Crippen molar-refractivity contribution in [1.82, 2.24) is 0 Å². The van der Waals surface area contributed by atoms with Crippen LogP contribution in [0.25, 0.3) is 0 Å². The maximum atomic E-state index is 9.50. The fourth-order valence-electron chi connectivity index (χ4n) is 1.34. The molecular formula is C12H10O5. The van der Waals surface area contributed by atoms with Crippen molar-refractivity contribution in [2.24, 2.45) is 0 Å². The predicted molar refractivity (Wildman–Crippen MR) is 59.6 cm³/mol. The molecule has 0 fully saturated rings. The van der Waals surface area contributed by atoms with Gasteiger partial charge in [0.25, 0.3) is 0 Å². The van der Waals surface area contributed by atoms with Crippen LogP contribution >= 0.6 is 0 Å². The van der Waals surface area contributed by atoms with Gasteiger partial charge in [-0.25, -0.2) is 0 Å². The lowest BCUT2D eigenvalue weighted by atomic mass is 10.2. The number of hydrogen-bond acceptors (Lipinski definition) is 5. The van der Waals surface area contributed by atoms with Crippen molar-refractivity contribution in [2.45, 2.75) is 0 Å². The monoisotopic (exact) mass is 234 g/mol. The van der Waals surface area contributed by atoms with Crippen LogP contribution in [0, 0.1) is 0 Å². The number of phenols is 4. The minimum Gasteiger partial charge on any atom is -0.508 e. The summed E-state index contributed by atoms with van der Waals surface area (Å²) in [7, 11) is 0. The van der Waals surface area contributed by atoms with Gasteiger partial charge in [-0.2, -0.15) is 0 Å². The third kappa shape index (κ3) is 2.17. The molecule has 0 bridgehead atoms. The second kappa shape index (κ2) is 4.13. The number of para-hydroxylation sites is 2. The molecule has 0 spiro atoms. The lowest BCUT2D eigenvalue weighted by molar-refractivity contribution is 0.355. The molecule has 88 valence electrons. The van der Waals surface area contributed by atoms with Crippen molar-refractivity contribution < 1.29 is 25.2 Å². The summed E-state index contributed by atoms with van der Waals surface area (Å²) >= 11 is 0. The molecule has 0 aliphatic heterocycles. The number of rotatable bonds is 2. The molecule has 2 aromatic carbocycles. The highest BCUT2D eigenvalue weighted by Gasteiger charge is 2.13. The summed E-state index contributed by atoms with van der Waals surface area (Å²) < 4.78 is 5.16. The SMILES string of the molecule is Oc1cc(O)c(Oc2ccccc2O)c(O)c1. The molecule has 2 aromatic rings. The van der Waals surface area contributed by atoms with E-state index in [2.05, 4.69) is 0 Å². The van der Waals surface area contributed by atoms with Gasteiger partial charge in [0, 0.05) is 12.1 Å². The maximum absolute atomic E-state index is 9.50. The van der Waals surface area contributed by atoms with E-state index >= 15 is 0 Å². The van der Waals surface area contributed by atoms with E-state index in [1.807, 2.05) is 0 Å². The molecule has 0 saturated heterocycles. The quantitative estimate of drug-likeness (QED) is 0.640. The van der Waals surface area contributed by atoms with Gasteiger partial charge in [-0.15, -0.1) is 0 Å². The minimum absolute atomic E-state index is 0.0868. The highest BCUT2D eigenvalue weighted by atomic mass is 16.5. The van der Waals surface area contributed by atoms with E-state index in [9.17, 15) is 15.3 Å². The zero-order valence-electron chi connectivity index (χ0n) is 8.66. The lowest BCUT2D eigenvalue weighted by Crippen LogP contribution is -1.86. The number of ether oxygens (including phenoxy) is 1. The van der Waals surface area contributed by atoms with Crippen molar-refractivity contribution in [2.75, 3.05) is 0 Å². The Morgan fingerprint density at radius 1 is 0.765 bits per heavy atom. The van der Waals surface area contributed by atoms with Crippen LogP contribution in [0.5, 0.6) is 34.5 Å². The minimum atomic E-state index is -0.425. The van der Waals surface area contributed by atoms with E-state index in [1.165, 1.54) is 12.1 Å². The Bertz CT molecular complexity index is 527. The van der Waals surface area contributed by atoms with Crippen molar-refractivity contribution in [1.29, 1.82) is 0 Å². The zero-order chi connectivity index (χ0) is 12.4. The molecule has 0 aliphatic carbocycles. The van der Waals surface area contributed by atoms with Crippen molar-refractivity contribution in [3.63, 3.8) is 0 Å². The van der Waals surface area contributed by atoms with E-state index < -0.39 is 11.5 Å². The molecule has 4 N–H and O–H groups in total. The summed E-state index contributed by atoms with van der Waals surface area (Å²) in [6.07, 6.45) is 0. The fraction of sp³-hybridized carbons (Fsp3) is 0. The fourth-order valence-corrected chi connectivity index (χ4v) is 1.34. The summed E-state index contributed by atoms with van der Waals surface area (Å²) in [6.45, 7) is 0. The molecule has 5 heteroatoms. The normalized spacial score (nSPS) is 10.1. The summed E-state index contributed by atoms with van der Waals surface area (Å²) in [5, 5.41) is 37.6. The van der Waals surface area contributed by atoms with Gasteiger partial charge >= 0.3 is 0 Å². The molecule has 0 heterocycles. The summed E-state index contributed by atoms with van der Waals surface area (Å²) in [4.78, 5) is 0. The molecule has 17 heavy (non-hydrogen) atoms. The molecule has 2 rings (SSSR count). The van der Waals surface area contributed by atoms with Crippen molar-refractivity contribution in [3.8, 4) is 34.5 Å². The van der Waals surface area contributed by atoms with Crippen LogP contribution in [0.1, 0.15) is 0 Å². The molecule has 0 saturated carbocycles. The van der Waals surface area contributed by atoms with Gasteiger partial charge in [0.15, 0.2) is 23.0 Å². The van der Waals surface area contributed by atoms with E-state index in [0.29, 0.717) is 0 Å². The Hall–Kier alpha value is -2.56. The highest BCUT2D eigenvalue weighted by Crippen LogP contribution is 2.43. The standard InChI is InChI=1S/C12H10O5/c13-7-5-9(15)12(10(16)6-7)17-11-4-2-1-3-8(11)14/h1-6,13-16H. The van der Waals surface area contributed by atoms with E-state index in [0.717, 1.165) is 12.1 Å². The third-order valence-electron chi connectivity index (χ3n) is 2.11. The Balaban J connectivity index is 2.40. The van der Waals surface area contributed by atoms with Gasteiger partial charge in [-0.1, -0.05) is 12.1 Å². The van der Waals surface area contributed by atoms with Crippen LogP contribution in [0.2, 0.25) is 0 Å². The smallest absolute Gasteiger partial charge is 0.211 e.